The van der Waals surface area contributed by atoms with Gasteiger partial charge in [-0.1, -0.05) is 0 Å². The number of imidazole rings is 1. The second-order valence-corrected chi connectivity index (χ2v) is 3.02. The average Bonchev–Trinajstić information content (AvgIpc) is 2.60. The van der Waals surface area contributed by atoms with E-state index in [2.05, 4.69) is 10.3 Å². The number of carbonyl (C=O) groups is 2. The molecule has 1 amide bonds. The molecule has 1 aromatic heterocycles. The van der Waals surface area contributed by atoms with Gasteiger partial charge in [-0.3, -0.25) is 9.59 Å². The van der Waals surface area contributed by atoms with Crippen molar-refractivity contribution >= 4 is 11.9 Å². The first-order valence-electron chi connectivity index (χ1n) is 4.26. The smallest absolute Gasteiger partial charge is 0.322 e. The lowest BCUT2D eigenvalue weighted by molar-refractivity contribution is -0.138. The maximum atomic E-state index is 11.4. The van der Waals surface area contributed by atoms with Crippen LogP contribution in [-0.2, 0) is 11.8 Å². The van der Waals surface area contributed by atoms with Crippen LogP contribution in [0.2, 0.25) is 0 Å². The van der Waals surface area contributed by atoms with Crippen molar-refractivity contribution < 1.29 is 14.7 Å². The third kappa shape index (κ3) is 2.78. The van der Waals surface area contributed by atoms with E-state index in [0.717, 1.165) is 0 Å². The molecule has 7 nitrogen and oxygen atoms in total. The molecule has 1 aromatic rings. The van der Waals surface area contributed by atoms with Crippen LogP contribution in [0.3, 0.4) is 0 Å². The average molecular weight is 212 g/mol. The molecular weight excluding hydrogens is 200 g/mol. The predicted octanol–water partition coefficient (Wildman–Crippen LogP) is -1.44. The molecule has 0 aliphatic rings. The number of hydrogen-bond donors (Lipinski definition) is 3. The SMILES string of the molecule is Cn1ccnc1C(=O)NC[C@H](N)C(=O)O. The fourth-order valence-corrected chi connectivity index (χ4v) is 0.953. The van der Waals surface area contributed by atoms with Gasteiger partial charge in [0, 0.05) is 26.0 Å². The summed E-state index contributed by atoms with van der Waals surface area (Å²) in [7, 11) is 1.67. The summed E-state index contributed by atoms with van der Waals surface area (Å²) in [4.78, 5) is 25.6. The van der Waals surface area contributed by atoms with E-state index in [1.807, 2.05) is 0 Å². The fraction of sp³-hybridized carbons (Fsp3) is 0.375. The zero-order valence-corrected chi connectivity index (χ0v) is 8.17. The molecule has 0 aromatic carbocycles. The van der Waals surface area contributed by atoms with Gasteiger partial charge < -0.3 is 20.7 Å². The van der Waals surface area contributed by atoms with E-state index < -0.39 is 17.9 Å². The molecule has 1 heterocycles. The van der Waals surface area contributed by atoms with Crippen molar-refractivity contribution in [1.29, 1.82) is 0 Å². The van der Waals surface area contributed by atoms with E-state index in [-0.39, 0.29) is 12.4 Å². The van der Waals surface area contributed by atoms with Crippen LogP contribution in [0, 0.1) is 0 Å². The Hall–Kier alpha value is -1.89. The number of carboxylic acids is 1. The first-order valence-corrected chi connectivity index (χ1v) is 4.26. The highest BCUT2D eigenvalue weighted by Crippen LogP contribution is 1.93. The van der Waals surface area contributed by atoms with Crippen molar-refractivity contribution in [2.24, 2.45) is 12.8 Å². The predicted molar refractivity (Wildman–Crippen MR) is 51.2 cm³/mol. The van der Waals surface area contributed by atoms with Gasteiger partial charge in [0.1, 0.15) is 6.04 Å². The normalized spacial score (nSPS) is 12.1. The van der Waals surface area contributed by atoms with Gasteiger partial charge in [0.15, 0.2) is 5.82 Å². The number of nitrogens with two attached hydrogens (primary N) is 1. The number of carbonyl (C=O) groups excluding carboxylic acids is 1. The Morgan fingerprint density at radius 2 is 2.40 bits per heavy atom. The highest BCUT2D eigenvalue weighted by atomic mass is 16.4. The first kappa shape index (κ1) is 11.2. The molecule has 0 fully saturated rings. The molecule has 0 saturated heterocycles. The van der Waals surface area contributed by atoms with Crippen molar-refractivity contribution in [3.63, 3.8) is 0 Å². The van der Waals surface area contributed by atoms with E-state index >= 15 is 0 Å². The van der Waals surface area contributed by atoms with Gasteiger partial charge in [-0.25, -0.2) is 4.98 Å². The second kappa shape index (κ2) is 4.56. The van der Waals surface area contributed by atoms with Crippen LogP contribution in [0.25, 0.3) is 0 Å². The zero-order valence-electron chi connectivity index (χ0n) is 8.17. The summed E-state index contributed by atoms with van der Waals surface area (Å²) >= 11 is 0. The summed E-state index contributed by atoms with van der Waals surface area (Å²) in [5, 5.41) is 10.9. The quantitative estimate of drug-likeness (QED) is 0.566. The van der Waals surface area contributed by atoms with Crippen molar-refractivity contribution in [3.8, 4) is 0 Å². The Morgan fingerprint density at radius 3 is 2.87 bits per heavy atom. The minimum absolute atomic E-state index is 0.124. The monoisotopic (exact) mass is 212 g/mol. The Morgan fingerprint density at radius 1 is 1.73 bits per heavy atom. The van der Waals surface area contributed by atoms with Crippen LogP contribution in [0.5, 0.6) is 0 Å². The van der Waals surface area contributed by atoms with Gasteiger partial charge in [0.05, 0.1) is 0 Å². The van der Waals surface area contributed by atoms with Gasteiger partial charge in [-0.15, -0.1) is 0 Å². The Bertz CT molecular complexity index is 374. The summed E-state index contributed by atoms with van der Waals surface area (Å²) < 4.78 is 1.53. The number of rotatable bonds is 4. The highest BCUT2D eigenvalue weighted by molar-refractivity contribution is 5.91. The van der Waals surface area contributed by atoms with Crippen molar-refractivity contribution in [2.45, 2.75) is 6.04 Å². The number of nitrogens with zero attached hydrogens (tertiary/aromatic N) is 2. The Kier molecular flexibility index (Phi) is 3.40. The molecule has 0 spiro atoms. The Labute approximate surface area is 85.9 Å². The van der Waals surface area contributed by atoms with E-state index in [1.54, 1.807) is 13.2 Å². The molecule has 0 unspecified atom stereocenters. The maximum absolute atomic E-state index is 11.4. The lowest BCUT2D eigenvalue weighted by Crippen LogP contribution is -2.42. The van der Waals surface area contributed by atoms with E-state index in [0.29, 0.717) is 0 Å². The largest absolute Gasteiger partial charge is 0.480 e. The van der Waals surface area contributed by atoms with Gasteiger partial charge in [-0.2, -0.15) is 0 Å². The third-order valence-corrected chi connectivity index (χ3v) is 1.82. The van der Waals surface area contributed by atoms with Gasteiger partial charge in [-0.05, 0) is 0 Å². The summed E-state index contributed by atoms with van der Waals surface area (Å²) in [5.74, 6) is -1.39. The lowest BCUT2D eigenvalue weighted by Gasteiger charge is -2.07. The molecule has 1 atom stereocenters. The molecule has 7 heteroatoms. The summed E-state index contributed by atoms with van der Waals surface area (Å²) in [5.41, 5.74) is 5.21. The van der Waals surface area contributed by atoms with Gasteiger partial charge in [0.25, 0.3) is 5.91 Å². The van der Waals surface area contributed by atoms with Crippen LogP contribution in [0.15, 0.2) is 12.4 Å². The molecule has 0 saturated carbocycles. The number of aliphatic carboxylic acids is 1. The van der Waals surface area contributed by atoms with Crippen molar-refractivity contribution in [2.75, 3.05) is 6.54 Å². The van der Waals surface area contributed by atoms with Crippen LogP contribution in [-0.4, -0.2) is 39.1 Å². The molecule has 0 bridgehead atoms. The van der Waals surface area contributed by atoms with Crippen LogP contribution in [0.4, 0.5) is 0 Å². The standard InChI is InChI=1S/C8H12N4O3/c1-12-3-2-10-6(12)7(13)11-4-5(9)8(14)15/h2-3,5H,4,9H2,1H3,(H,11,13)(H,14,15)/t5-/m0/s1. The fourth-order valence-electron chi connectivity index (χ4n) is 0.953. The number of nitrogens with one attached hydrogen (secondary N) is 1. The van der Waals surface area contributed by atoms with E-state index in [1.165, 1.54) is 10.8 Å². The molecule has 82 valence electrons. The lowest BCUT2D eigenvalue weighted by atomic mass is 10.3. The third-order valence-electron chi connectivity index (χ3n) is 1.82. The van der Waals surface area contributed by atoms with Gasteiger partial charge >= 0.3 is 5.97 Å². The van der Waals surface area contributed by atoms with Crippen molar-refractivity contribution in [3.05, 3.63) is 18.2 Å². The van der Waals surface area contributed by atoms with Crippen LogP contribution >= 0.6 is 0 Å². The van der Waals surface area contributed by atoms with Crippen LogP contribution < -0.4 is 11.1 Å². The number of amides is 1. The molecule has 0 radical (unpaired) electrons. The zero-order chi connectivity index (χ0) is 11.4. The summed E-state index contributed by atoms with van der Waals surface area (Å²) in [6, 6.07) is -1.10. The second-order valence-electron chi connectivity index (χ2n) is 3.02. The molecule has 0 aliphatic heterocycles. The first-order chi connectivity index (χ1) is 7.02. The minimum atomic E-state index is -1.16. The topological polar surface area (TPSA) is 110 Å². The number of carboxylic acid groups (broad SMARTS) is 1. The van der Waals surface area contributed by atoms with E-state index in [4.69, 9.17) is 10.8 Å². The Balaban J connectivity index is 2.51. The van der Waals surface area contributed by atoms with E-state index in [9.17, 15) is 9.59 Å². The highest BCUT2D eigenvalue weighted by Gasteiger charge is 2.15. The van der Waals surface area contributed by atoms with Gasteiger partial charge in [0.2, 0.25) is 0 Å². The molecule has 15 heavy (non-hydrogen) atoms. The molecule has 4 N–H and O–H groups in total. The van der Waals surface area contributed by atoms with Crippen molar-refractivity contribution in [1.82, 2.24) is 14.9 Å². The summed E-state index contributed by atoms with van der Waals surface area (Å²) in [6.45, 7) is -0.124. The number of aryl methyl sites for hydroxylation is 1. The number of hydrogen-bond acceptors (Lipinski definition) is 4. The molecule has 0 aliphatic carbocycles. The molecule has 1 rings (SSSR count). The minimum Gasteiger partial charge on any atom is -0.480 e. The maximum Gasteiger partial charge on any atom is 0.322 e. The van der Waals surface area contributed by atoms with Crippen LogP contribution in [0.1, 0.15) is 10.6 Å². The summed E-state index contributed by atoms with van der Waals surface area (Å²) in [6.07, 6.45) is 3.10. The number of aromatic nitrogens is 2. The molecular formula is C8H12N4O3.